The molecule has 5 heteroatoms. The lowest BCUT2D eigenvalue weighted by Crippen LogP contribution is -2.26. The van der Waals surface area contributed by atoms with Crippen molar-refractivity contribution in [3.8, 4) is 0 Å². The minimum atomic E-state index is -1.04. The second kappa shape index (κ2) is 6.12. The summed E-state index contributed by atoms with van der Waals surface area (Å²) in [5, 5.41) is 0. The molecule has 0 aromatic carbocycles. The standard InChI is InChI=1S/C9H14O5/c1-4-14-8(11)5-7(6(2)10)9(12)13-3/h7H,4-5H2,1-3H3. The average molecular weight is 202 g/mol. The smallest absolute Gasteiger partial charge is 0.316 e. The predicted molar refractivity (Wildman–Crippen MR) is 47.4 cm³/mol. The summed E-state index contributed by atoms with van der Waals surface area (Å²) in [6, 6.07) is 0. The van der Waals surface area contributed by atoms with E-state index in [1.807, 2.05) is 0 Å². The van der Waals surface area contributed by atoms with Gasteiger partial charge in [-0.05, 0) is 13.8 Å². The van der Waals surface area contributed by atoms with Crippen molar-refractivity contribution >= 4 is 17.7 Å². The Balaban J connectivity index is 4.31. The quantitative estimate of drug-likeness (QED) is 0.474. The van der Waals surface area contributed by atoms with Gasteiger partial charge in [0.1, 0.15) is 11.7 Å². The number of ether oxygens (including phenoxy) is 2. The second-order valence-electron chi connectivity index (χ2n) is 2.70. The van der Waals surface area contributed by atoms with Crippen LogP contribution in [0, 0.1) is 5.92 Å². The second-order valence-corrected chi connectivity index (χ2v) is 2.70. The van der Waals surface area contributed by atoms with Gasteiger partial charge in [0.05, 0.1) is 20.1 Å². The third kappa shape index (κ3) is 4.02. The van der Waals surface area contributed by atoms with Crippen molar-refractivity contribution in [3.63, 3.8) is 0 Å². The Hall–Kier alpha value is -1.39. The first-order valence-corrected chi connectivity index (χ1v) is 4.26. The molecule has 0 aromatic heterocycles. The molecule has 0 amide bonds. The van der Waals surface area contributed by atoms with Crippen molar-refractivity contribution in [2.75, 3.05) is 13.7 Å². The van der Waals surface area contributed by atoms with Crippen molar-refractivity contribution in [2.24, 2.45) is 5.92 Å². The van der Waals surface area contributed by atoms with Crippen molar-refractivity contribution in [1.29, 1.82) is 0 Å². The van der Waals surface area contributed by atoms with Crippen LogP contribution in [-0.2, 0) is 23.9 Å². The molecule has 0 heterocycles. The van der Waals surface area contributed by atoms with E-state index in [1.54, 1.807) is 6.92 Å². The lowest BCUT2D eigenvalue weighted by atomic mass is 10.0. The summed E-state index contributed by atoms with van der Waals surface area (Å²) in [5.41, 5.74) is 0. The van der Waals surface area contributed by atoms with Gasteiger partial charge >= 0.3 is 11.9 Å². The maximum atomic E-state index is 11.0. The number of methoxy groups -OCH3 is 1. The van der Waals surface area contributed by atoms with E-state index in [4.69, 9.17) is 0 Å². The van der Waals surface area contributed by atoms with Crippen LogP contribution in [0.3, 0.4) is 0 Å². The summed E-state index contributed by atoms with van der Waals surface area (Å²) in [6.07, 6.45) is -0.254. The molecule has 0 radical (unpaired) electrons. The zero-order chi connectivity index (χ0) is 11.1. The summed E-state index contributed by atoms with van der Waals surface area (Å²) < 4.78 is 9.00. The number of hydrogen-bond donors (Lipinski definition) is 0. The molecule has 0 rings (SSSR count). The van der Waals surface area contributed by atoms with Gasteiger partial charge in [0.2, 0.25) is 0 Å². The number of carbonyl (C=O) groups is 3. The van der Waals surface area contributed by atoms with Gasteiger partial charge in [-0.1, -0.05) is 0 Å². The average Bonchev–Trinajstić information content (AvgIpc) is 2.13. The highest BCUT2D eigenvalue weighted by Gasteiger charge is 2.27. The van der Waals surface area contributed by atoms with Crippen LogP contribution in [0.15, 0.2) is 0 Å². The van der Waals surface area contributed by atoms with Crippen molar-refractivity contribution in [3.05, 3.63) is 0 Å². The lowest BCUT2D eigenvalue weighted by Gasteiger charge is -2.09. The van der Waals surface area contributed by atoms with E-state index in [-0.39, 0.29) is 13.0 Å². The number of ketones is 1. The fourth-order valence-corrected chi connectivity index (χ4v) is 0.922. The maximum Gasteiger partial charge on any atom is 0.316 e. The Morgan fingerprint density at radius 1 is 1.29 bits per heavy atom. The third-order valence-corrected chi connectivity index (χ3v) is 1.65. The van der Waals surface area contributed by atoms with E-state index in [2.05, 4.69) is 9.47 Å². The maximum absolute atomic E-state index is 11.0. The zero-order valence-electron chi connectivity index (χ0n) is 8.53. The summed E-state index contributed by atoms with van der Waals surface area (Å²) >= 11 is 0. The SMILES string of the molecule is CCOC(=O)CC(C(C)=O)C(=O)OC. The summed E-state index contributed by atoms with van der Waals surface area (Å²) in [4.78, 5) is 33.0. The molecule has 0 fully saturated rings. The molecule has 0 aliphatic heterocycles. The molecule has 14 heavy (non-hydrogen) atoms. The van der Waals surface area contributed by atoms with Crippen LogP contribution in [-0.4, -0.2) is 31.4 Å². The molecule has 0 aliphatic carbocycles. The number of rotatable bonds is 5. The molecule has 0 spiro atoms. The molecule has 80 valence electrons. The first kappa shape index (κ1) is 12.6. The molecule has 0 bridgehead atoms. The van der Waals surface area contributed by atoms with Gasteiger partial charge in [-0.15, -0.1) is 0 Å². The van der Waals surface area contributed by atoms with E-state index >= 15 is 0 Å². The molecule has 0 N–H and O–H groups in total. The van der Waals surface area contributed by atoms with Crippen LogP contribution in [0.1, 0.15) is 20.3 Å². The predicted octanol–water partition coefficient (Wildman–Crippen LogP) is 0.318. The number of Topliss-reactive ketones (excluding diaryl/α,β-unsaturated/α-hetero) is 1. The van der Waals surface area contributed by atoms with E-state index in [0.29, 0.717) is 0 Å². The van der Waals surface area contributed by atoms with Crippen molar-refractivity contribution in [2.45, 2.75) is 20.3 Å². The monoisotopic (exact) mass is 202 g/mol. The highest BCUT2D eigenvalue weighted by atomic mass is 16.5. The highest BCUT2D eigenvalue weighted by molar-refractivity contribution is 6.00. The van der Waals surface area contributed by atoms with Gasteiger partial charge in [0.15, 0.2) is 0 Å². The Bertz CT molecular complexity index is 233. The number of hydrogen-bond acceptors (Lipinski definition) is 5. The number of carbonyl (C=O) groups excluding carboxylic acids is 3. The Kier molecular flexibility index (Phi) is 5.52. The minimum Gasteiger partial charge on any atom is -0.468 e. The van der Waals surface area contributed by atoms with Crippen LogP contribution in [0.4, 0.5) is 0 Å². The van der Waals surface area contributed by atoms with Crippen LogP contribution in [0.5, 0.6) is 0 Å². The first-order valence-electron chi connectivity index (χ1n) is 4.26. The fourth-order valence-electron chi connectivity index (χ4n) is 0.922. The number of esters is 2. The van der Waals surface area contributed by atoms with E-state index in [0.717, 1.165) is 0 Å². The molecule has 0 saturated heterocycles. The Morgan fingerprint density at radius 2 is 1.86 bits per heavy atom. The molecule has 0 aromatic rings. The zero-order valence-corrected chi connectivity index (χ0v) is 8.53. The molecule has 1 unspecified atom stereocenters. The molecule has 1 atom stereocenters. The van der Waals surface area contributed by atoms with Gasteiger partial charge in [-0.25, -0.2) is 0 Å². The van der Waals surface area contributed by atoms with Gasteiger partial charge < -0.3 is 9.47 Å². The van der Waals surface area contributed by atoms with Crippen molar-refractivity contribution in [1.82, 2.24) is 0 Å². The van der Waals surface area contributed by atoms with Gasteiger partial charge in [0, 0.05) is 0 Å². The summed E-state index contributed by atoms with van der Waals surface area (Å²) in [5.74, 6) is -2.72. The lowest BCUT2D eigenvalue weighted by molar-refractivity contribution is -0.156. The first-order chi connectivity index (χ1) is 6.52. The molecule has 5 nitrogen and oxygen atoms in total. The van der Waals surface area contributed by atoms with Gasteiger partial charge in [-0.3, -0.25) is 14.4 Å². The molecule has 0 saturated carbocycles. The van der Waals surface area contributed by atoms with Crippen molar-refractivity contribution < 1.29 is 23.9 Å². The Labute approximate surface area is 82.4 Å². The molecular formula is C9H14O5. The fraction of sp³-hybridized carbons (Fsp3) is 0.667. The van der Waals surface area contributed by atoms with E-state index in [9.17, 15) is 14.4 Å². The highest BCUT2D eigenvalue weighted by Crippen LogP contribution is 2.08. The van der Waals surface area contributed by atoms with Crippen LogP contribution < -0.4 is 0 Å². The van der Waals surface area contributed by atoms with E-state index < -0.39 is 23.6 Å². The molecule has 0 aliphatic rings. The van der Waals surface area contributed by atoms with E-state index in [1.165, 1.54) is 14.0 Å². The minimum absolute atomic E-state index is 0.227. The largest absolute Gasteiger partial charge is 0.468 e. The molecular weight excluding hydrogens is 188 g/mol. The normalized spacial score (nSPS) is 11.6. The Morgan fingerprint density at radius 3 is 2.21 bits per heavy atom. The van der Waals surface area contributed by atoms with Gasteiger partial charge in [0.25, 0.3) is 0 Å². The van der Waals surface area contributed by atoms with Crippen LogP contribution in [0.25, 0.3) is 0 Å². The topological polar surface area (TPSA) is 69.7 Å². The van der Waals surface area contributed by atoms with Gasteiger partial charge in [-0.2, -0.15) is 0 Å². The van der Waals surface area contributed by atoms with Crippen LogP contribution in [0.2, 0.25) is 0 Å². The third-order valence-electron chi connectivity index (χ3n) is 1.65. The van der Waals surface area contributed by atoms with Crippen LogP contribution >= 0.6 is 0 Å². The summed E-state index contributed by atoms with van der Waals surface area (Å²) in [6.45, 7) is 3.12. The summed E-state index contributed by atoms with van der Waals surface area (Å²) in [7, 11) is 1.17.